The van der Waals surface area contributed by atoms with Gasteiger partial charge in [0.25, 0.3) is 0 Å². The number of aryl methyl sites for hydroxylation is 2. The first-order valence-corrected chi connectivity index (χ1v) is 8.63. The molecule has 0 saturated carbocycles. The maximum Gasteiger partial charge on any atom is 0.0249 e. The van der Waals surface area contributed by atoms with Crippen LogP contribution in [0.25, 0.3) is 11.1 Å². The van der Waals surface area contributed by atoms with Gasteiger partial charge in [0.2, 0.25) is 0 Å². The summed E-state index contributed by atoms with van der Waals surface area (Å²) in [5, 5.41) is 0. The molecule has 0 amide bonds. The van der Waals surface area contributed by atoms with E-state index in [1.807, 2.05) is 6.08 Å². The van der Waals surface area contributed by atoms with Crippen LogP contribution in [0.1, 0.15) is 28.7 Å². The fourth-order valence-corrected chi connectivity index (χ4v) is 2.66. The van der Waals surface area contributed by atoms with Crippen LogP contribution in [-0.4, -0.2) is 0 Å². The topological polar surface area (TPSA) is 0 Å². The third-order valence-corrected chi connectivity index (χ3v) is 4.21. The van der Waals surface area contributed by atoms with Gasteiger partial charge in [-0.2, -0.15) is 0 Å². The maximum absolute atomic E-state index is 3.78. The first-order chi connectivity index (χ1) is 12.2. The van der Waals surface area contributed by atoms with Crippen molar-refractivity contribution in [1.82, 2.24) is 0 Å². The van der Waals surface area contributed by atoms with E-state index in [0.717, 1.165) is 24.0 Å². The molecule has 0 spiro atoms. The largest absolute Gasteiger partial charge is 0.103 e. The van der Waals surface area contributed by atoms with Crippen LogP contribution in [-0.2, 0) is 6.42 Å². The fraction of sp³-hybridized carbons (Fsp3) is 0.120. The zero-order valence-corrected chi connectivity index (χ0v) is 14.6. The van der Waals surface area contributed by atoms with Crippen molar-refractivity contribution in [3.8, 4) is 23.0 Å². The molecule has 0 heterocycles. The van der Waals surface area contributed by atoms with Crippen molar-refractivity contribution in [2.45, 2.75) is 19.8 Å². The molecule has 122 valence electrons. The Labute approximate surface area is 150 Å². The van der Waals surface area contributed by atoms with Gasteiger partial charge in [-0.3, -0.25) is 0 Å². The average Bonchev–Trinajstić information content (AvgIpc) is 2.67. The number of hydrogen-bond acceptors (Lipinski definition) is 0. The Bertz CT molecular complexity index is 883. The Morgan fingerprint density at radius 1 is 0.720 bits per heavy atom. The van der Waals surface area contributed by atoms with Crippen molar-refractivity contribution >= 4 is 0 Å². The van der Waals surface area contributed by atoms with Crippen LogP contribution < -0.4 is 0 Å². The predicted octanol–water partition coefficient (Wildman–Crippen LogP) is 6.18. The Kier molecular flexibility index (Phi) is 5.50. The van der Waals surface area contributed by atoms with Gasteiger partial charge in [0, 0.05) is 11.1 Å². The highest BCUT2D eigenvalue weighted by molar-refractivity contribution is 5.64. The number of hydrogen-bond donors (Lipinski definition) is 0. The SMILES string of the molecule is C=CCCc1ccc(-c2ccc(C#Cc3ccc(C)cc3)cc2)cc1. The summed E-state index contributed by atoms with van der Waals surface area (Å²) in [6.07, 6.45) is 4.04. The summed E-state index contributed by atoms with van der Waals surface area (Å²) in [5.74, 6) is 6.45. The second kappa shape index (κ2) is 8.18. The maximum atomic E-state index is 3.78. The van der Waals surface area contributed by atoms with Gasteiger partial charge in [-0.25, -0.2) is 0 Å². The first kappa shape index (κ1) is 16.8. The van der Waals surface area contributed by atoms with E-state index in [1.165, 1.54) is 22.3 Å². The molecule has 25 heavy (non-hydrogen) atoms. The normalized spacial score (nSPS) is 9.96. The Hall–Kier alpha value is -3.04. The molecule has 0 saturated heterocycles. The van der Waals surface area contributed by atoms with Gasteiger partial charge in [0.15, 0.2) is 0 Å². The Morgan fingerprint density at radius 2 is 1.20 bits per heavy atom. The summed E-state index contributed by atoms with van der Waals surface area (Å²) in [4.78, 5) is 0. The van der Waals surface area contributed by atoms with E-state index in [-0.39, 0.29) is 0 Å². The van der Waals surface area contributed by atoms with E-state index < -0.39 is 0 Å². The molecule has 0 radical (unpaired) electrons. The minimum atomic E-state index is 1.02. The molecule has 3 rings (SSSR count). The summed E-state index contributed by atoms with van der Waals surface area (Å²) >= 11 is 0. The van der Waals surface area contributed by atoms with Gasteiger partial charge in [0.05, 0.1) is 0 Å². The lowest BCUT2D eigenvalue weighted by Crippen LogP contribution is -1.84. The lowest BCUT2D eigenvalue weighted by atomic mass is 10.0. The van der Waals surface area contributed by atoms with Gasteiger partial charge in [-0.05, 0) is 60.7 Å². The van der Waals surface area contributed by atoms with Crippen LogP contribution in [0.15, 0.2) is 85.5 Å². The van der Waals surface area contributed by atoms with Crippen molar-refractivity contribution in [1.29, 1.82) is 0 Å². The van der Waals surface area contributed by atoms with E-state index >= 15 is 0 Å². The lowest BCUT2D eigenvalue weighted by molar-refractivity contribution is 1.00. The van der Waals surface area contributed by atoms with Gasteiger partial charge >= 0.3 is 0 Å². The molecular weight excluding hydrogens is 300 g/mol. The average molecular weight is 322 g/mol. The summed E-state index contributed by atoms with van der Waals surface area (Å²) < 4.78 is 0. The van der Waals surface area contributed by atoms with Crippen molar-refractivity contribution in [3.05, 3.63) is 108 Å². The minimum Gasteiger partial charge on any atom is -0.103 e. The van der Waals surface area contributed by atoms with Crippen LogP contribution in [0, 0.1) is 18.8 Å². The zero-order valence-electron chi connectivity index (χ0n) is 14.6. The smallest absolute Gasteiger partial charge is 0.0249 e. The van der Waals surface area contributed by atoms with Crippen LogP contribution in [0.5, 0.6) is 0 Å². The van der Waals surface area contributed by atoms with Crippen LogP contribution >= 0.6 is 0 Å². The summed E-state index contributed by atoms with van der Waals surface area (Å²) in [5.41, 5.74) is 7.14. The Balaban J connectivity index is 1.72. The van der Waals surface area contributed by atoms with Gasteiger partial charge in [-0.15, -0.1) is 6.58 Å². The molecule has 0 N–H and O–H groups in total. The van der Waals surface area contributed by atoms with Gasteiger partial charge < -0.3 is 0 Å². The van der Waals surface area contributed by atoms with Crippen LogP contribution in [0.2, 0.25) is 0 Å². The van der Waals surface area contributed by atoms with E-state index in [4.69, 9.17) is 0 Å². The second-order valence-corrected chi connectivity index (χ2v) is 6.22. The number of allylic oxidation sites excluding steroid dienone is 1. The molecule has 0 aromatic heterocycles. The van der Waals surface area contributed by atoms with Crippen LogP contribution in [0.3, 0.4) is 0 Å². The Morgan fingerprint density at radius 3 is 1.72 bits per heavy atom. The molecule has 0 heteroatoms. The molecule has 0 fully saturated rings. The zero-order chi connectivity index (χ0) is 17.5. The van der Waals surface area contributed by atoms with Crippen molar-refractivity contribution in [3.63, 3.8) is 0 Å². The molecule has 0 atom stereocenters. The van der Waals surface area contributed by atoms with E-state index in [0.29, 0.717) is 0 Å². The highest BCUT2D eigenvalue weighted by Crippen LogP contribution is 2.20. The lowest BCUT2D eigenvalue weighted by Gasteiger charge is -2.04. The third kappa shape index (κ3) is 4.72. The first-order valence-electron chi connectivity index (χ1n) is 8.63. The molecule has 0 bridgehead atoms. The second-order valence-electron chi connectivity index (χ2n) is 6.22. The molecular formula is C25H22. The van der Waals surface area contributed by atoms with E-state index in [1.54, 1.807) is 0 Å². The highest BCUT2D eigenvalue weighted by atomic mass is 14.0. The van der Waals surface area contributed by atoms with Crippen LogP contribution in [0.4, 0.5) is 0 Å². The quantitative estimate of drug-likeness (QED) is 0.397. The third-order valence-electron chi connectivity index (χ3n) is 4.21. The van der Waals surface area contributed by atoms with Crippen molar-refractivity contribution in [2.24, 2.45) is 0 Å². The van der Waals surface area contributed by atoms with Crippen molar-refractivity contribution < 1.29 is 0 Å². The summed E-state index contributed by atoms with van der Waals surface area (Å²) in [6, 6.07) is 25.5. The van der Waals surface area contributed by atoms with Gasteiger partial charge in [0.1, 0.15) is 0 Å². The molecule has 0 aliphatic heterocycles. The monoisotopic (exact) mass is 322 g/mol. The number of rotatable bonds is 4. The molecule has 3 aromatic rings. The molecule has 0 unspecified atom stereocenters. The summed E-state index contributed by atoms with van der Waals surface area (Å²) in [7, 11) is 0. The van der Waals surface area contributed by atoms with Crippen molar-refractivity contribution in [2.75, 3.05) is 0 Å². The fourth-order valence-electron chi connectivity index (χ4n) is 2.66. The van der Waals surface area contributed by atoms with Gasteiger partial charge in [-0.1, -0.05) is 72.0 Å². The van der Waals surface area contributed by atoms with E-state index in [9.17, 15) is 0 Å². The molecule has 3 aromatic carbocycles. The molecule has 0 aliphatic carbocycles. The van der Waals surface area contributed by atoms with E-state index in [2.05, 4.69) is 98.1 Å². The summed E-state index contributed by atoms with van der Waals surface area (Å²) in [6.45, 7) is 5.86. The standard InChI is InChI=1S/C25H22/c1-3-4-5-21-12-16-24(17-13-21)25-18-14-23(15-19-25)11-10-22-8-6-20(2)7-9-22/h3,6-9,12-19H,1,4-5H2,2H3. The molecule has 0 aliphatic rings. The predicted molar refractivity (Wildman–Crippen MR) is 108 cm³/mol. The highest BCUT2D eigenvalue weighted by Gasteiger charge is 1.98. The molecule has 0 nitrogen and oxygen atoms in total. The minimum absolute atomic E-state index is 1.02. The number of benzene rings is 3.